The summed E-state index contributed by atoms with van der Waals surface area (Å²) in [4.78, 5) is 0.210. The monoisotopic (exact) mass is 375 g/mol. The molecule has 1 atom stereocenters. The van der Waals surface area contributed by atoms with Gasteiger partial charge < -0.3 is 9.47 Å². The summed E-state index contributed by atoms with van der Waals surface area (Å²) < 4.78 is 39.0. The van der Waals surface area contributed by atoms with Crippen LogP contribution in [0.3, 0.4) is 0 Å². The molecule has 2 aromatic rings. The standard InChI is InChI=1S/C20H25NO4S/c1-4-16-6-8-17(9-7-16)19-14-21(11-12-25-19)26(22,23)20-13-15(2)5-10-18(20)24-3/h5-10,13,19H,4,11-12,14H2,1-3H3. The number of rotatable bonds is 5. The van der Waals surface area contributed by atoms with E-state index in [-0.39, 0.29) is 11.0 Å². The van der Waals surface area contributed by atoms with Crippen molar-refractivity contribution in [3.05, 3.63) is 59.2 Å². The van der Waals surface area contributed by atoms with Crippen LogP contribution in [0.1, 0.15) is 29.7 Å². The van der Waals surface area contributed by atoms with Crippen molar-refractivity contribution in [1.29, 1.82) is 0 Å². The molecule has 2 aromatic carbocycles. The van der Waals surface area contributed by atoms with Gasteiger partial charge in [0.1, 0.15) is 10.6 Å². The molecule has 1 fully saturated rings. The van der Waals surface area contributed by atoms with E-state index in [9.17, 15) is 8.42 Å². The molecule has 26 heavy (non-hydrogen) atoms. The summed E-state index contributed by atoms with van der Waals surface area (Å²) in [5.41, 5.74) is 3.13. The first-order chi connectivity index (χ1) is 12.5. The van der Waals surface area contributed by atoms with Crippen LogP contribution in [-0.2, 0) is 21.2 Å². The van der Waals surface area contributed by atoms with Crippen molar-refractivity contribution in [2.75, 3.05) is 26.8 Å². The van der Waals surface area contributed by atoms with Crippen LogP contribution in [-0.4, -0.2) is 39.5 Å². The molecule has 0 radical (unpaired) electrons. The Morgan fingerprint density at radius 3 is 2.58 bits per heavy atom. The molecule has 1 unspecified atom stereocenters. The number of hydrogen-bond donors (Lipinski definition) is 0. The van der Waals surface area contributed by atoms with Crippen molar-refractivity contribution >= 4 is 10.0 Å². The largest absolute Gasteiger partial charge is 0.495 e. The second-order valence-electron chi connectivity index (χ2n) is 6.47. The van der Waals surface area contributed by atoms with E-state index >= 15 is 0 Å². The maximum atomic E-state index is 13.2. The highest BCUT2D eigenvalue weighted by Gasteiger charge is 2.33. The first-order valence-corrected chi connectivity index (χ1v) is 10.2. The van der Waals surface area contributed by atoms with Crippen LogP contribution < -0.4 is 4.74 Å². The number of hydrogen-bond acceptors (Lipinski definition) is 4. The van der Waals surface area contributed by atoms with Crippen LogP contribution in [0, 0.1) is 6.92 Å². The third kappa shape index (κ3) is 3.77. The van der Waals surface area contributed by atoms with Crippen molar-refractivity contribution in [3.8, 4) is 5.75 Å². The number of aryl methyl sites for hydroxylation is 2. The lowest BCUT2D eigenvalue weighted by Crippen LogP contribution is -2.42. The topological polar surface area (TPSA) is 55.8 Å². The van der Waals surface area contributed by atoms with E-state index < -0.39 is 10.0 Å². The highest BCUT2D eigenvalue weighted by Crippen LogP contribution is 2.31. The lowest BCUT2D eigenvalue weighted by molar-refractivity contribution is -0.00259. The van der Waals surface area contributed by atoms with Crippen LogP contribution in [0.4, 0.5) is 0 Å². The Morgan fingerprint density at radius 2 is 1.92 bits per heavy atom. The summed E-state index contributed by atoms with van der Waals surface area (Å²) in [6.07, 6.45) is 0.708. The molecule has 0 spiro atoms. The summed E-state index contributed by atoms with van der Waals surface area (Å²) in [5.74, 6) is 0.367. The highest BCUT2D eigenvalue weighted by atomic mass is 32.2. The first kappa shape index (κ1) is 18.9. The minimum Gasteiger partial charge on any atom is -0.495 e. The Bertz CT molecular complexity index is 862. The minimum absolute atomic E-state index is 0.210. The van der Waals surface area contributed by atoms with E-state index in [0.29, 0.717) is 25.4 Å². The number of ether oxygens (including phenoxy) is 2. The second-order valence-corrected chi connectivity index (χ2v) is 8.38. The number of benzene rings is 2. The van der Waals surface area contributed by atoms with Gasteiger partial charge in [0.15, 0.2) is 0 Å². The fraction of sp³-hybridized carbons (Fsp3) is 0.400. The molecule has 0 amide bonds. The number of sulfonamides is 1. The second kappa shape index (κ2) is 7.78. The normalized spacial score (nSPS) is 18.7. The number of morpholine rings is 1. The SMILES string of the molecule is CCc1ccc(C2CN(S(=O)(=O)c3cc(C)ccc3OC)CCO2)cc1. The Morgan fingerprint density at radius 1 is 1.19 bits per heavy atom. The molecule has 1 saturated heterocycles. The Hall–Kier alpha value is -1.89. The molecule has 6 heteroatoms. The average Bonchev–Trinajstić information content (AvgIpc) is 2.68. The zero-order chi connectivity index (χ0) is 18.7. The van der Waals surface area contributed by atoms with Gasteiger partial charge in [0.2, 0.25) is 10.0 Å². The van der Waals surface area contributed by atoms with Gasteiger partial charge in [-0.25, -0.2) is 8.42 Å². The highest BCUT2D eigenvalue weighted by molar-refractivity contribution is 7.89. The van der Waals surface area contributed by atoms with Gasteiger partial charge in [-0.1, -0.05) is 37.3 Å². The molecule has 1 aliphatic rings. The molecule has 0 N–H and O–H groups in total. The van der Waals surface area contributed by atoms with E-state index in [1.165, 1.54) is 17.0 Å². The van der Waals surface area contributed by atoms with Crippen molar-refractivity contribution in [1.82, 2.24) is 4.31 Å². The summed E-state index contributed by atoms with van der Waals surface area (Å²) in [6.45, 7) is 4.98. The van der Waals surface area contributed by atoms with E-state index in [1.54, 1.807) is 12.1 Å². The van der Waals surface area contributed by atoms with Gasteiger partial charge in [-0.3, -0.25) is 0 Å². The smallest absolute Gasteiger partial charge is 0.246 e. The van der Waals surface area contributed by atoms with Crippen LogP contribution in [0.15, 0.2) is 47.4 Å². The quantitative estimate of drug-likeness (QED) is 0.804. The molecule has 0 aliphatic carbocycles. The molecule has 3 rings (SSSR count). The van der Waals surface area contributed by atoms with Crippen molar-refractivity contribution in [2.24, 2.45) is 0 Å². The molecule has 0 saturated carbocycles. The van der Waals surface area contributed by atoms with Crippen LogP contribution in [0.5, 0.6) is 5.75 Å². The molecule has 1 aliphatic heterocycles. The minimum atomic E-state index is -3.65. The van der Waals surface area contributed by atoms with Crippen LogP contribution in [0.25, 0.3) is 0 Å². The van der Waals surface area contributed by atoms with Crippen molar-refractivity contribution in [3.63, 3.8) is 0 Å². The molecule has 0 aromatic heterocycles. The van der Waals surface area contributed by atoms with Gasteiger partial charge >= 0.3 is 0 Å². The maximum absolute atomic E-state index is 13.2. The zero-order valence-corrected chi connectivity index (χ0v) is 16.3. The Labute approximate surface area is 155 Å². The van der Waals surface area contributed by atoms with Gasteiger partial charge in [-0.05, 0) is 42.2 Å². The third-order valence-electron chi connectivity index (χ3n) is 4.73. The summed E-state index contributed by atoms with van der Waals surface area (Å²) in [5, 5.41) is 0. The summed E-state index contributed by atoms with van der Waals surface area (Å²) >= 11 is 0. The number of methoxy groups -OCH3 is 1. The lowest BCUT2D eigenvalue weighted by atomic mass is 10.1. The van der Waals surface area contributed by atoms with Gasteiger partial charge in [-0.2, -0.15) is 4.31 Å². The Balaban J connectivity index is 1.87. The van der Waals surface area contributed by atoms with E-state index in [2.05, 4.69) is 19.1 Å². The van der Waals surface area contributed by atoms with Crippen LogP contribution >= 0.6 is 0 Å². The molecular formula is C20H25NO4S. The van der Waals surface area contributed by atoms with Gasteiger partial charge in [0, 0.05) is 13.1 Å². The molecule has 0 bridgehead atoms. The fourth-order valence-electron chi connectivity index (χ4n) is 3.14. The van der Waals surface area contributed by atoms with Gasteiger partial charge in [-0.15, -0.1) is 0 Å². The predicted octanol–water partition coefficient (Wildman–Crippen LogP) is 3.33. The van der Waals surface area contributed by atoms with E-state index in [1.807, 2.05) is 25.1 Å². The zero-order valence-electron chi connectivity index (χ0n) is 15.4. The van der Waals surface area contributed by atoms with Crippen molar-refractivity contribution < 1.29 is 17.9 Å². The van der Waals surface area contributed by atoms with E-state index in [4.69, 9.17) is 9.47 Å². The average molecular weight is 375 g/mol. The molecule has 5 nitrogen and oxygen atoms in total. The fourth-order valence-corrected chi connectivity index (χ4v) is 4.80. The van der Waals surface area contributed by atoms with E-state index in [0.717, 1.165) is 17.5 Å². The van der Waals surface area contributed by atoms with Gasteiger partial charge in [0.25, 0.3) is 0 Å². The van der Waals surface area contributed by atoms with Gasteiger partial charge in [0.05, 0.1) is 19.8 Å². The predicted molar refractivity (Wildman–Crippen MR) is 101 cm³/mol. The summed E-state index contributed by atoms with van der Waals surface area (Å²) in [7, 11) is -2.17. The van der Waals surface area contributed by atoms with Crippen molar-refractivity contribution in [2.45, 2.75) is 31.3 Å². The third-order valence-corrected chi connectivity index (χ3v) is 6.61. The molecule has 140 valence electrons. The Kier molecular flexibility index (Phi) is 5.65. The maximum Gasteiger partial charge on any atom is 0.246 e. The summed E-state index contributed by atoms with van der Waals surface area (Å²) in [6, 6.07) is 13.4. The molecular weight excluding hydrogens is 350 g/mol. The van der Waals surface area contributed by atoms with Crippen LogP contribution in [0.2, 0.25) is 0 Å². The first-order valence-electron chi connectivity index (χ1n) is 8.81. The number of nitrogens with zero attached hydrogens (tertiary/aromatic N) is 1. The lowest BCUT2D eigenvalue weighted by Gasteiger charge is -2.32. The molecule has 1 heterocycles.